The average molecular weight is 341 g/mol. The van der Waals surface area contributed by atoms with Gasteiger partial charge in [0.1, 0.15) is 5.82 Å². The van der Waals surface area contributed by atoms with E-state index in [9.17, 15) is 0 Å². The summed E-state index contributed by atoms with van der Waals surface area (Å²) in [7, 11) is 2.31. The second kappa shape index (κ2) is 7.46. The first kappa shape index (κ1) is 17.0. The summed E-state index contributed by atoms with van der Waals surface area (Å²) in [6, 6.07) is 7.22. The molecule has 4 heteroatoms. The van der Waals surface area contributed by atoms with E-state index in [0.717, 1.165) is 11.6 Å². The van der Waals surface area contributed by atoms with Crippen LogP contribution in [0.1, 0.15) is 55.8 Å². The lowest BCUT2D eigenvalue weighted by molar-refractivity contribution is 0.141. The van der Waals surface area contributed by atoms with E-state index >= 15 is 0 Å². The second-order valence-electron chi connectivity index (χ2n) is 8.13. The Balaban J connectivity index is 1.31. The highest BCUT2D eigenvalue weighted by Crippen LogP contribution is 2.29. The molecule has 1 aromatic heterocycles. The number of fused-ring (bicyclic) bond motifs is 1. The van der Waals surface area contributed by atoms with Gasteiger partial charge in [-0.3, -0.25) is 0 Å². The summed E-state index contributed by atoms with van der Waals surface area (Å²) in [6.45, 7) is 7.14. The fraction of sp³-hybridized carbons (Fsp3) is 0.667. The number of imidazole rings is 1. The van der Waals surface area contributed by atoms with Gasteiger partial charge in [0.2, 0.25) is 0 Å². The summed E-state index contributed by atoms with van der Waals surface area (Å²) in [5.41, 5.74) is 3.62. The Hall–Kier alpha value is -1.39. The van der Waals surface area contributed by atoms with Crippen molar-refractivity contribution in [3.8, 4) is 0 Å². The summed E-state index contributed by atoms with van der Waals surface area (Å²) in [5.74, 6) is 1.80. The molecule has 0 radical (unpaired) electrons. The number of benzene rings is 1. The third-order valence-electron chi connectivity index (χ3n) is 6.41. The first-order valence-electron chi connectivity index (χ1n) is 10.1. The van der Waals surface area contributed by atoms with Crippen molar-refractivity contribution in [2.45, 2.75) is 57.4 Å². The Morgan fingerprint density at radius 1 is 1.12 bits per heavy atom. The molecule has 136 valence electrons. The smallest absolute Gasteiger partial charge is 0.110 e. The molecule has 1 atom stereocenters. The minimum absolute atomic E-state index is 0.598. The number of para-hydroxylation sites is 1. The zero-order valence-corrected chi connectivity index (χ0v) is 15.8. The van der Waals surface area contributed by atoms with E-state index in [1.807, 2.05) is 0 Å². The van der Waals surface area contributed by atoms with E-state index < -0.39 is 0 Å². The zero-order valence-electron chi connectivity index (χ0n) is 15.8. The number of aromatic amines is 1. The molecule has 2 aromatic rings. The van der Waals surface area contributed by atoms with Crippen molar-refractivity contribution in [2.24, 2.45) is 0 Å². The standard InChI is InChI=1S/C21H32N4/c1-16-6-5-8-19-20(16)23-21(22-19)17-9-13-25(14-10-17)15-11-18-7-3-4-12-24(18)2/h5-6,8,17-18H,3-4,7,9-15H2,1-2H3,(H,22,23). The van der Waals surface area contributed by atoms with Crippen LogP contribution in [0.15, 0.2) is 18.2 Å². The van der Waals surface area contributed by atoms with Gasteiger partial charge >= 0.3 is 0 Å². The topological polar surface area (TPSA) is 35.2 Å². The van der Waals surface area contributed by atoms with Crippen LogP contribution < -0.4 is 0 Å². The van der Waals surface area contributed by atoms with Crippen molar-refractivity contribution in [3.63, 3.8) is 0 Å². The van der Waals surface area contributed by atoms with Crippen LogP contribution in [0.2, 0.25) is 0 Å². The second-order valence-corrected chi connectivity index (χ2v) is 8.13. The van der Waals surface area contributed by atoms with Crippen molar-refractivity contribution in [3.05, 3.63) is 29.6 Å². The predicted octanol–water partition coefficient (Wildman–Crippen LogP) is 3.93. The summed E-state index contributed by atoms with van der Waals surface area (Å²) < 4.78 is 0. The van der Waals surface area contributed by atoms with E-state index in [1.54, 1.807) is 0 Å². The molecule has 0 bridgehead atoms. The molecular weight excluding hydrogens is 308 g/mol. The van der Waals surface area contributed by atoms with Gasteiger partial charge in [-0.1, -0.05) is 18.6 Å². The Bertz CT molecular complexity index is 699. The zero-order chi connectivity index (χ0) is 17.2. The van der Waals surface area contributed by atoms with Gasteiger partial charge < -0.3 is 14.8 Å². The molecule has 0 saturated carbocycles. The molecule has 2 aliphatic rings. The van der Waals surface area contributed by atoms with Crippen LogP contribution in [0.5, 0.6) is 0 Å². The molecule has 4 rings (SSSR count). The van der Waals surface area contributed by atoms with Crippen molar-refractivity contribution in [1.82, 2.24) is 19.8 Å². The summed E-state index contributed by atoms with van der Waals surface area (Å²) in [6.07, 6.45) is 8.01. The molecule has 2 aliphatic heterocycles. The van der Waals surface area contributed by atoms with Crippen LogP contribution in [-0.4, -0.2) is 59.0 Å². The normalized spacial score (nSPS) is 24.2. The maximum Gasteiger partial charge on any atom is 0.110 e. The fourth-order valence-electron chi connectivity index (χ4n) is 4.66. The van der Waals surface area contributed by atoms with E-state index in [-0.39, 0.29) is 0 Å². The number of aryl methyl sites for hydroxylation is 1. The average Bonchev–Trinajstić information content (AvgIpc) is 3.07. The molecule has 1 N–H and O–H groups in total. The number of H-pyrrole nitrogens is 1. The molecular formula is C21H32N4. The summed E-state index contributed by atoms with van der Waals surface area (Å²) in [5, 5.41) is 0. The van der Waals surface area contributed by atoms with Gasteiger partial charge in [0.25, 0.3) is 0 Å². The third-order valence-corrected chi connectivity index (χ3v) is 6.41. The van der Waals surface area contributed by atoms with Gasteiger partial charge in [-0.05, 0) is 83.9 Å². The predicted molar refractivity (Wildman–Crippen MR) is 104 cm³/mol. The highest BCUT2D eigenvalue weighted by atomic mass is 15.2. The third kappa shape index (κ3) is 3.75. The van der Waals surface area contributed by atoms with Crippen molar-refractivity contribution < 1.29 is 0 Å². The molecule has 2 saturated heterocycles. The van der Waals surface area contributed by atoms with Gasteiger partial charge in [0.05, 0.1) is 11.0 Å². The largest absolute Gasteiger partial charge is 0.342 e. The lowest BCUT2D eigenvalue weighted by Crippen LogP contribution is -2.40. The van der Waals surface area contributed by atoms with Gasteiger partial charge in [-0.15, -0.1) is 0 Å². The number of aromatic nitrogens is 2. The molecule has 25 heavy (non-hydrogen) atoms. The van der Waals surface area contributed by atoms with Gasteiger partial charge in [-0.2, -0.15) is 0 Å². The van der Waals surface area contributed by atoms with Crippen LogP contribution in [0.25, 0.3) is 11.0 Å². The quantitative estimate of drug-likeness (QED) is 0.916. The summed E-state index contributed by atoms with van der Waals surface area (Å²) >= 11 is 0. The van der Waals surface area contributed by atoms with E-state index in [1.165, 1.54) is 81.6 Å². The molecule has 2 fully saturated rings. The number of nitrogens with zero attached hydrogens (tertiary/aromatic N) is 3. The molecule has 3 heterocycles. The summed E-state index contributed by atoms with van der Waals surface area (Å²) in [4.78, 5) is 13.7. The maximum absolute atomic E-state index is 4.91. The number of piperidine rings is 2. The number of nitrogens with one attached hydrogen (secondary N) is 1. The van der Waals surface area contributed by atoms with Gasteiger partial charge in [-0.25, -0.2) is 4.98 Å². The molecule has 1 unspecified atom stereocenters. The number of hydrogen-bond acceptors (Lipinski definition) is 3. The number of rotatable bonds is 4. The minimum Gasteiger partial charge on any atom is -0.342 e. The first-order chi connectivity index (χ1) is 12.2. The Kier molecular flexibility index (Phi) is 5.09. The Labute approximate surface area is 151 Å². The maximum atomic E-state index is 4.91. The van der Waals surface area contributed by atoms with Gasteiger partial charge in [0.15, 0.2) is 0 Å². The van der Waals surface area contributed by atoms with Crippen LogP contribution in [0.4, 0.5) is 0 Å². The van der Waals surface area contributed by atoms with E-state index in [2.05, 4.69) is 47.0 Å². The highest BCUT2D eigenvalue weighted by molar-refractivity contribution is 5.78. The fourth-order valence-corrected chi connectivity index (χ4v) is 4.66. The van der Waals surface area contributed by atoms with Crippen molar-refractivity contribution in [1.29, 1.82) is 0 Å². The lowest BCUT2D eigenvalue weighted by Gasteiger charge is -2.36. The SMILES string of the molecule is Cc1cccc2[nH]c(C3CCN(CCC4CCCCN4C)CC3)nc12. The molecule has 1 aromatic carbocycles. The molecule has 0 spiro atoms. The molecule has 0 amide bonds. The van der Waals surface area contributed by atoms with Crippen LogP contribution in [0.3, 0.4) is 0 Å². The van der Waals surface area contributed by atoms with E-state index in [0.29, 0.717) is 5.92 Å². The van der Waals surface area contributed by atoms with Gasteiger partial charge in [0, 0.05) is 12.0 Å². The minimum atomic E-state index is 0.598. The first-order valence-corrected chi connectivity index (χ1v) is 10.1. The lowest BCUT2D eigenvalue weighted by atomic mass is 9.95. The molecule has 4 nitrogen and oxygen atoms in total. The van der Waals surface area contributed by atoms with Crippen LogP contribution in [0, 0.1) is 6.92 Å². The molecule has 0 aliphatic carbocycles. The van der Waals surface area contributed by atoms with Crippen molar-refractivity contribution >= 4 is 11.0 Å². The van der Waals surface area contributed by atoms with Crippen LogP contribution in [-0.2, 0) is 0 Å². The Morgan fingerprint density at radius 2 is 1.96 bits per heavy atom. The number of likely N-dealkylation sites (tertiary alicyclic amines) is 2. The highest BCUT2D eigenvalue weighted by Gasteiger charge is 2.25. The Morgan fingerprint density at radius 3 is 2.72 bits per heavy atom. The van der Waals surface area contributed by atoms with Crippen LogP contribution >= 0.6 is 0 Å². The monoisotopic (exact) mass is 340 g/mol. The van der Waals surface area contributed by atoms with Crippen molar-refractivity contribution in [2.75, 3.05) is 33.2 Å². The van der Waals surface area contributed by atoms with E-state index in [4.69, 9.17) is 4.98 Å². The number of hydrogen-bond donors (Lipinski definition) is 1.